The smallest absolute Gasteiger partial charge is 0.130 e. The molecule has 84 valence electrons. The lowest BCUT2D eigenvalue weighted by Crippen LogP contribution is -1.94. The van der Waals surface area contributed by atoms with Gasteiger partial charge in [0.1, 0.15) is 6.29 Å². The van der Waals surface area contributed by atoms with Crippen molar-refractivity contribution in [1.29, 1.82) is 0 Å². The maximum atomic E-state index is 9.96. The number of hydrogen-bond acceptors (Lipinski definition) is 3. The highest BCUT2D eigenvalue weighted by molar-refractivity contribution is 7.99. The van der Waals surface area contributed by atoms with E-state index in [1.165, 1.54) is 0 Å². The van der Waals surface area contributed by atoms with Gasteiger partial charge in [0.15, 0.2) is 0 Å². The van der Waals surface area contributed by atoms with Gasteiger partial charge in [-0.2, -0.15) is 0 Å². The van der Waals surface area contributed by atoms with E-state index in [4.69, 9.17) is 4.74 Å². The third-order valence-corrected chi connectivity index (χ3v) is 2.44. The number of aldehydes is 1. The van der Waals surface area contributed by atoms with Crippen LogP contribution in [0.1, 0.15) is 13.8 Å². The van der Waals surface area contributed by atoms with Gasteiger partial charge in [-0.05, 0) is 26.0 Å². The maximum Gasteiger partial charge on any atom is 0.130 e. The third-order valence-electron chi connectivity index (χ3n) is 1.53. The Labute approximate surface area is 96.0 Å². The molecule has 0 atom stereocenters. The molecule has 1 aromatic rings. The molecular formula is C12H18O2S. The summed E-state index contributed by atoms with van der Waals surface area (Å²) in [5.41, 5.74) is 0. The normalized spacial score (nSPS) is 9.33. The van der Waals surface area contributed by atoms with Crippen molar-refractivity contribution in [3.8, 4) is 0 Å². The molecule has 1 aromatic carbocycles. The molecule has 0 spiro atoms. The molecule has 2 nitrogen and oxygen atoms in total. The van der Waals surface area contributed by atoms with Crippen LogP contribution < -0.4 is 0 Å². The third kappa shape index (κ3) is 9.50. The first-order chi connectivity index (χ1) is 7.20. The van der Waals surface area contributed by atoms with E-state index >= 15 is 0 Å². The number of thioether (sulfide) groups is 1. The van der Waals surface area contributed by atoms with E-state index in [9.17, 15) is 4.79 Å². The second-order valence-electron chi connectivity index (χ2n) is 3.08. The van der Waals surface area contributed by atoms with Gasteiger partial charge in [-0.15, -0.1) is 11.8 Å². The van der Waals surface area contributed by atoms with Crippen LogP contribution >= 0.6 is 11.8 Å². The predicted molar refractivity (Wildman–Crippen MR) is 65.4 cm³/mol. The number of rotatable bonds is 4. The molecule has 0 amide bonds. The van der Waals surface area contributed by atoms with Crippen LogP contribution in [0.4, 0.5) is 0 Å². The van der Waals surface area contributed by atoms with Crippen LogP contribution in [0.2, 0.25) is 0 Å². The van der Waals surface area contributed by atoms with Gasteiger partial charge in [0, 0.05) is 12.0 Å². The average Bonchev–Trinajstić information content (AvgIpc) is 2.28. The fraction of sp³-hybridized carbons (Fsp3) is 0.417. The van der Waals surface area contributed by atoms with E-state index in [2.05, 4.69) is 0 Å². The van der Waals surface area contributed by atoms with Crippen molar-refractivity contribution in [2.24, 2.45) is 0 Å². The summed E-state index contributed by atoms with van der Waals surface area (Å²) in [6.07, 6.45) is 1.30. The molecule has 0 aliphatic heterocycles. The highest BCUT2D eigenvalue weighted by Crippen LogP contribution is 2.14. The van der Waals surface area contributed by atoms with Gasteiger partial charge in [-0.1, -0.05) is 18.2 Å². The molecule has 15 heavy (non-hydrogen) atoms. The standard InChI is InChI=1S/C8H8OS.C4H10O/c9-6-7-10-8-4-2-1-3-5-8;1-4(2)5-3/h1-6H,7H2;4H,1-3H3. The van der Waals surface area contributed by atoms with Crippen molar-refractivity contribution in [1.82, 2.24) is 0 Å². The number of ether oxygens (including phenoxy) is 1. The van der Waals surface area contributed by atoms with Crippen molar-refractivity contribution in [2.45, 2.75) is 24.8 Å². The Morgan fingerprint density at radius 2 is 1.87 bits per heavy atom. The van der Waals surface area contributed by atoms with Gasteiger partial charge in [0.2, 0.25) is 0 Å². The van der Waals surface area contributed by atoms with Gasteiger partial charge in [-0.3, -0.25) is 0 Å². The SMILES string of the molecule is COC(C)C.O=CCSc1ccccc1. The highest BCUT2D eigenvalue weighted by Gasteiger charge is 1.87. The van der Waals surface area contributed by atoms with E-state index in [1.54, 1.807) is 18.9 Å². The topological polar surface area (TPSA) is 26.3 Å². The van der Waals surface area contributed by atoms with E-state index in [0.29, 0.717) is 11.9 Å². The molecule has 1 rings (SSSR count). The van der Waals surface area contributed by atoms with Crippen molar-refractivity contribution in [2.75, 3.05) is 12.9 Å². The number of hydrogen-bond donors (Lipinski definition) is 0. The molecular weight excluding hydrogens is 208 g/mol. The molecule has 0 radical (unpaired) electrons. The molecule has 0 N–H and O–H groups in total. The molecule has 0 heterocycles. The van der Waals surface area contributed by atoms with Crippen LogP contribution in [0, 0.1) is 0 Å². The zero-order chi connectivity index (χ0) is 11.5. The van der Waals surface area contributed by atoms with E-state index < -0.39 is 0 Å². The van der Waals surface area contributed by atoms with Crippen LogP contribution in [0.25, 0.3) is 0 Å². The van der Waals surface area contributed by atoms with Gasteiger partial charge in [-0.25, -0.2) is 0 Å². The molecule has 3 heteroatoms. The monoisotopic (exact) mass is 226 g/mol. The number of carbonyl (C=O) groups is 1. The summed E-state index contributed by atoms with van der Waals surface area (Å²) < 4.78 is 4.75. The maximum absolute atomic E-state index is 9.96. The minimum Gasteiger partial charge on any atom is -0.382 e. The first kappa shape index (κ1) is 14.2. The molecule has 0 aromatic heterocycles. The fourth-order valence-corrected chi connectivity index (χ4v) is 1.26. The minimum absolute atomic E-state index is 0.384. The van der Waals surface area contributed by atoms with Crippen LogP contribution in [-0.2, 0) is 9.53 Å². The lowest BCUT2D eigenvalue weighted by molar-refractivity contribution is -0.105. The second-order valence-corrected chi connectivity index (χ2v) is 4.17. The average molecular weight is 226 g/mol. The highest BCUT2D eigenvalue weighted by atomic mass is 32.2. The molecule has 0 unspecified atom stereocenters. The largest absolute Gasteiger partial charge is 0.382 e. The Morgan fingerprint density at radius 3 is 2.27 bits per heavy atom. The fourth-order valence-electron chi connectivity index (χ4n) is 0.647. The zero-order valence-corrected chi connectivity index (χ0v) is 10.3. The summed E-state index contributed by atoms with van der Waals surface area (Å²) in [5.74, 6) is 0.546. The first-order valence-corrected chi connectivity index (χ1v) is 5.83. The van der Waals surface area contributed by atoms with E-state index in [-0.39, 0.29) is 0 Å². The van der Waals surface area contributed by atoms with Crippen LogP contribution in [-0.4, -0.2) is 25.3 Å². The summed E-state index contributed by atoms with van der Waals surface area (Å²) in [6.45, 7) is 4.00. The van der Waals surface area contributed by atoms with Gasteiger partial charge in [0.05, 0.1) is 11.9 Å². The molecule has 0 aliphatic carbocycles. The van der Waals surface area contributed by atoms with Crippen molar-refractivity contribution >= 4 is 18.0 Å². The Kier molecular flexibility index (Phi) is 9.22. The summed E-state index contributed by atoms with van der Waals surface area (Å²) in [6, 6.07) is 9.88. The summed E-state index contributed by atoms with van der Waals surface area (Å²) in [5, 5.41) is 0. The zero-order valence-electron chi connectivity index (χ0n) is 9.47. The second kappa shape index (κ2) is 9.74. The predicted octanol–water partition coefficient (Wildman–Crippen LogP) is 3.02. The first-order valence-electron chi connectivity index (χ1n) is 4.85. The summed E-state index contributed by atoms with van der Waals surface area (Å²) in [7, 11) is 1.70. The molecule has 0 aliphatic rings. The van der Waals surface area contributed by atoms with Gasteiger partial charge < -0.3 is 9.53 Å². The van der Waals surface area contributed by atoms with Gasteiger partial charge in [0.25, 0.3) is 0 Å². The van der Waals surface area contributed by atoms with Crippen molar-refractivity contribution < 1.29 is 9.53 Å². The Hall–Kier alpha value is -0.800. The molecule has 0 bridgehead atoms. The lowest BCUT2D eigenvalue weighted by atomic mass is 10.4. The van der Waals surface area contributed by atoms with Crippen LogP contribution in [0.5, 0.6) is 0 Å². The van der Waals surface area contributed by atoms with Gasteiger partial charge >= 0.3 is 0 Å². The molecule has 0 saturated carbocycles. The van der Waals surface area contributed by atoms with E-state index in [1.807, 2.05) is 44.2 Å². The number of methoxy groups -OCH3 is 1. The quantitative estimate of drug-likeness (QED) is 0.583. The Balaban J connectivity index is 0.000000336. The Bertz CT molecular complexity index is 247. The molecule has 0 fully saturated rings. The number of carbonyl (C=O) groups excluding carboxylic acids is 1. The molecule has 0 saturated heterocycles. The Morgan fingerprint density at radius 1 is 1.33 bits per heavy atom. The number of benzene rings is 1. The lowest BCUT2D eigenvalue weighted by Gasteiger charge is -1.94. The van der Waals surface area contributed by atoms with Crippen molar-refractivity contribution in [3.63, 3.8) is 0 Å². The van der Waals surface area contributed by atoms with E-state index in [0.717, 1.165) is 11.2 Å². The van der Waals surface area contributed by atoms with Crippen LogP contribution in [0.3, 0.4) is 0 Å². The summed E-state index contributed by atoms with van der Waals surface area (Å²) >= 11 is 1.55. The minimum atomic E-state index is 0.384. The van der Waals surface area contributed by atoms with Crippen molar-refractivity contribution in [3.05, 3.63) is 30.3 Å². The van der Waals surface area contributed by atoms with Crippen LogP contribution in [0.15, 0.2) is 35.2 Å². The summed E-state index contributed by atoms with van der Waals surface area (Å²) in [4.78, 5) is 11.1.